The standard InChI is InChI=1S/C15H19N3/c1-2-10-6-5-8-12-14(10)17-13-9-4-3-7-11(13)15(12)18-16/h5-6,8H,2-4,7,9,16H2,1H3,(H,17,18). The molecular formula is C15H19N3. The number of rotatable bonds is 2. The molecule has 1 aromatic heterocycles. The molecule has 3 heteroatoms. The Morgan fingerprint density at radius 3 is 2.89 bits per heavy atom. The topological polar surface area (TPSA) is 50.9 Å². The Morgan fingerprint density at radius 1 is 1.28 bits per heavy atom. The summed E-state index contributed by atoms with van der Waals surface area (Å²) in [4.78, 5) is 4.90. The van der Waals surface area contributed by atoms with Crippen molar-refractivity contribution in [3.63, 3.8) is 0 Å². The molecule has 1 aromatic carbocycles. The van der Waals surface area contributed by atoms with Crippen LogP contribution in [0, 0.1) is 0 Å². The van der Waals surface area contributed by atoms with Gasteiger partial charge in [-0.1, -0.05) is 25.1 Å². The summed E-state index contributed by atoms with van der Waals surface area (Å²) in [7, 11) is 0. The van der Waals surface area contributed by atoms with Gasteiger partial charge in [0.25, 0.3) is 0 Å². The maximum absolute atomic E-state index is 5.75. The predicted molar refractivity (Wildman–Crippen MR) is 75.6 cm³/mol. The highest BCUT2D eigenvalue weighted by molar-refractivity contribution is 5.95. The molecule has 3 nitrogen and oxygen atoms in total. The fraction of sp³-hybridized carbons (Fsp3) is 0.400. The normalized spacial score (nSPS) is 14.6. The molecule has 2 aromatic rings. The number of fused-ring (bicyclic) bond motifs is 2. The number of hydrazine groups is 1. The highest BCUT2D eigenvalue weighted by atomic mass is 15.2. The third-order valence-corrected chi connectivity index (χ3v) is 3.90. The summed E-state index contributed by atoms with van der Waals surface area (Å²) in [5.74, 6) is 5.75. The number of nitrogens with one attached hydrogen (secondary N) is 1. The summed E-state index contributed by atoms with van der Waals surface area (Å²) in [5.41, 5.74) is 8.98. The van der Waals surface area contributed by atoms with Gasteiger partial charge in [-0.15, -0.1) is 0 Å². The van der Waals surface area contributed by atoms with Gasteiger partial charge in [-0.05, 0) is 43.2 Å². The van der Waals surface area contributed by atoms with E-state index in [0.29, 0.717) is 0 Å². The van der Waals surface area contributed by atoms with Crippen LogP contribution >= 0.6 is 0 Å². The van der Waals surface area contributed by atoms with Crippen LogP contribution in [-0.2, 0) is 19.3 Å². The fourth-order valence-electron chi connectivity index (χ4n) is 2.95. The third-order valence-electron chi connectivity index (χ3n) is 3.90. The Bertz CT molecular complexity index is 590. The maximum Gasteiger partial charge on any atom is 0.0758 e. The van der Waals surface area contributed by atoms with Crippen LogP contribution in [0.4, 0.5) is 5.69 Å². The molecule has 0 amide bonds. The number of hydrogen-bond donors (Lipinski definition) is 2. The molecule has 0 unspecified atom stereocenters. The number of anilines is 1. The lowest BCUT2D eigenvalue weighted by Crippen LogP contribution is -2.15. The molecule has 3 rings (SSSR count). The van der Waals surface area contributed by atoms with Crippen LogP contribution in [0.25, 0.3) is 10.9 Å². The number of nitrogens with two attached hydrogens (primary N) is 1. The van der Waals surface area contributed by atoms with Gasteiger partial charge < -0.3 is 5.43 Å². The van der Waals surface area contributed by atoms with Crippen molar-refractivity contribution < 1.29 is 0 Å². The summed E-state index contributed by atoms with van der Waals surface area (Å²) in [5, 5.41) is 1.16. The van der Waals surface area contributed by atoms with Gasteiger partial charge in [0.15, 0.2) is 0 Å². The van der Waals surface area contributed by atoms with Crippen LogP contribution in [0.2, 0.25) is 0 Å². The number of benzene rings is 1. The van der Waals surface area contributed by atoms with E-state index >= 15 is 0 Å². The molecule has 94 valence electrons. The predicted octanol–water partition coefficient (Wildman–Crippen LogP) is 2.96. The highest BCUT2D eigenvalue weighted by Gasteiger charge is 2.18. The number of aryl methyl sites for hydroxylation is 2. The third kappa shape index (κ3) is 1.66. The van der Waals surface area contributed by atoms with Gasteiger partial charge >= 0.3 is 0 Å². The second kappa shape index (κ2) is 4.58. The number of para-hydroxylation sites is 1. The van der Waals surface area contributed by atoms with Crippen molar-refractivity contribution in [1.29, 1.82) is 0 Å². The molecule has 1 aliphatic rings. The van der Waals surface area contributed by atoms with Gasteiger partial charge in [0.1, 0.15) is 0 Å². The molecule has 0 aliphatic heterocycles. The molecule has 0 radical (unpaired) electrons. The van der Waals surface area contributed by atoms with Crippen LogP contribution in [0.3, 0.4) is 0 Å². The lowest BCUT2D eigenvalue weighted by atomic mass is 9.92. The van der Waals surface area contributed by atoms with Crippen molar-refractivity contribution in [1.82, 2.24) is 4.98 Å². The summed E-state index contributed by atoms with van der Waals surface area (Å²) < 4.78 is 0. The number of nitrogens with zero attached hydrogens (tertiary/aromatic N) is 1. The Kier molecular flexibility index (Phi) is 2.92. The molecule has 0 saturated carbocycles. The van der Waals surface area contributed by atoms with Gasteiger partial charge in [-0.25, -0.2) is 0 Å². The van der Waals surface area contributed by atoms with E-state index in [1.807, 2.05) is 0 Å². The second-order valence-electron chi connectivity index (χ2n) is 4.93. The minimum Gasteiger partial charge on any atom is -0.323 e. The molecule has 18 heavy (non-hydrogen) atoms. The van der Waals surface area contributed by atoms with Gasteiger partial charge in [-0.2, -0.15) is 0 Å². The summed E-state index contributed by atoms with van der Waals surface area (Å²) in [6.45, 7) is 2.17. The molecule has 1 aliphatic carbocycles. The van der Waals surface area contributed by atoms with E-state index in [0.717, 1.165) is 35.9 Å². The zero-order valence-electron chi connectivity index (χ0n) is 10.8. The molecule has 0 bridgehead atoms. The average molecular weight is 241 g/mol. The molecule has 0 fully saturated rings. The molecule has 1 heterocycles. The van der Waals surface area contributed by atoms with Crippen molar-refractivity contribution in [3.8, 4) is 0 Å². The molecule has 0 saturated heterocycles. The van der Waals surface area contributed by atoms with Gasteiger partial charge in [-0.3, -0.25) is 10.8 Å². The monoisotopic (exact) mass is 241 g/mol. The number of pyridine rings is 1. The minimum absolute atomic E-state index is 1.01. The van der Waals surface area contributed by atoms with Crippen LogP contribution < -0.4 is 11.3 Å². The first-order valence-corrected chi connectivity index (χ1v) is 6.75. The van der Waals surface area contributed by atoms with E-state index in [1.165, 1.54) is 29.7 Å². The average Bonchev–Trinajstić information content (AvgIpc) is 2.44. The SMILES string of the molecule is CCc1cccc2c(NN)c3c(nc12)CCCC3. The second-order valence-corrected chi connectivity index (χ2v) is 4.93. The lowest BCUT2D eigenvalue weighted by molar-refractivity contribution is 0.672. The quantitative estimate of drug-likeness (QED) is 0.628. The van der Waals surface area contributed by atoms with Crippen molar-refractivity contribution >= 4 is 16.6 Å². The fourth-order valence-corrected chi connectivity index (χ4v) is 2.95. The Labute approximate surface area is 107 Å². The Balaban J connectivity index is 2.36. The van der Waals surface area contributed by atoms with Gasteiger partial charge in [0.05, 0.1) is 11.2 Å². The van der Waals surface area contributed by atoms with E-state index < -0.39 is 0 Å². The van der Waals surface area contributed by atoms with E-state index in [4.69, 9.17) is 10.8 Å². The molecule has 0 atom stereocenters. The lowest BCUT2D eigenvalue weighted by Gasteiger charge is -2.21. The van der Waals surface area contributed by atoms with Crippen molar-refractivity contribution in [2.24, 2.45) is 5.84 Å². The molecule has 0 spiro atoms. The van der Waals surface area contributed by atoms with Crippen LogP contribution in [0.5, 0.6) is 0 Å². The van der Waals surface area contributed by atoms with E-state index in [1.54, 1.807) is 0 Å². The highest BCUT2D eigenvalue weighted by Crippen LogP contribution is 2.33. The van der Waals surface area contributed by atoms with Gasteiger partial charge in [0.2, 0.25) is 0 Å². The van der Waals surface area contributed by atoms with Gasteiger partial charge in [0, 0.05) is 11.1 Å². The maximum atomic E-state index is 5.75. The minimum atomic E-state index is 1.01. The van der Waals surface area contributed by atoms with Crippen LogP contribution in [0.1, 0.15) is 36.6 Å². The van der Waals surface area contributed by atoms with E-state index in [9.17, 15) is 0 Å². The van der Waals surface area contributed by atoms with Crippen molar-refractivity contribution in [2.45, 2.75) is 39.0 Å². The zero-order valence-corrected chi connectivity index (χ0v) is 10.8. The first kappa shape index (κ1) is 11.5. The largest absolute Gasteiger partial charge is 0.323 e. The van der Waals surface area contributed by atoms with Crippen molar-refractivity contribution in [2.75, 3.05) is 5.43 Å². The summed E-state index contributed by atoms with van der Waals surface area (Å²) in [6, 6.07) is 6.37. The summed E-state index contributed by atoms with van der Waals surface area (Å²) >= 11 is 0. The first-order valence-electron chi connectivity index (χ1n) is 6.75. The van der Waals surface area contributed by atoms with Crippen LogP contribution in [-0.4, -0.2) is 4.98 Å². The Morgan fingerprint density at radius 2 is 2.11 bits per heavy atom. The van der Waals surface area contributed by atoms with E-state index in [-0.39, 0.29) is 0 Å². The van der Waals surface area contributed by atoms with Crippen LogP contribution in [0.15, 0.2) is 18.2 Å². The Hall–Kier alpha value is -1.61. The number of nitrogen functional groups attached to an aromatic ring is 1. The zero-order chi connectivity index (χ0) is 12.5. The van der Waals surface area contributed by atoms with Crippen molar-refractivity contribution in [3.05, 3.63) is 35.0 Å². The molecular weight excluding hydrogens is 222 g/mol. The first-order chi connectivity index (χ1) is 8.85. The smallest absolute Gasteiger partial charge is 0.0758 e. The summed E-state index contributed by atoms with van der Waals surface area (Å²) in [6.07, 6.45) is 5.66. The number of aromatic nitrogens is 1. The number of hydrogen-bond acceptors (Lipinski definition) is 3. The molecule has 3 N–H and O–H groups in total. The van der Waals surface area contributed by atoms with E-state index in [2.05, 4.69) is 30.5 Å².